The molecule has 21 heavy (non-hydrogen) atoms. The first-order chi connectivity index (χ1) is 10.1. The summed E-state index contributed by atoms with van der Waals surface area (Å²) in [6.45, 7) is 2.01. The van der Waals surface area contributed by atoms with Gasteiger partial charge in [0.2, 0.25) is 5.91 Å². The first-order valence-corrected chi connectivity index (χ1v) is 6.81. The fourth-order valence-corrected chi connectivity index (χ4v) is 2.09. The Balaban J connectivity index is 1.88. The Bertz CT molecular complexity index is 628. The number of hydrogen-bond donors (Lipinski definition) is 2. The van der Waals surface area contributed by atoms with Crippen molar-refractivity contribution in [2.75, 3.05) is 6.54 Å². The Kier molecular flexibility index (Phi) is 5.06. The minimum absolute atomic E-state index is 0.0637. The Morgan fingerprint density at radius 3 is 2.71 bits per heavy atom. The van der Waals surface area contributed by atoms with Gasteiger partial charge in [-0.1, -0.05) is 36.4 Å². The number of aryl methyl sites for hydroxylation is 1. The number of benzene rings is 2. The van der Waals surface area contributed by atoms with Gasteiger partial charge in [-0.2, -0.15) is 0 Å². The van der Waals surface area contributed by atoms with Crippen LogP contribution in [0.25, 0.3) is 0 Å². The molecule has 1 amide bonds. The zero-order chi connectivity index (χ0) is 15.2. The molecule has 1 unspecified atom stereocenters. The van der Waals surface area contributed by atoms with Crippen molar-refractivity contribution in [3.8, 4) is 0 Å². The zero-order valence-corrected chi connectivity index (χ0v) is 11.8. The van der Waals surface area contributed by atoms with E-state index in [2.05, 4.69) is 5.32 Å². The van der Waals surface area contributed by atoms with E-state index in [4.69, 9.17) is 0 Å². The molecular formula is C17H18FNO2. The molecular weight excluding hydrogens is 269 g/mol. The highest BCUT2D eigenvalue weighted by Gasteiger charge is 2.11. The normalized spacial score (nSPS) is 12.0. The van der Waals surface area contributed by atoms with Gasteiger partial charge in [0, 0.05) is 6.54 Å². The molecule has 0 saturated heterocycles. The van der Waals surface area contributed by atoms with Gasteiger partial charge in [-0.3, -0.25) is 4.79 Å². The fourth-order valence-electron chi connectivity index (χ4n) is 2.09. The molecule has 1 atom stereocenters. The number of rotatable bonds is 5. The molecule has 2 rings (SSSR count). The summed E-state index contributed by atoms with van der Waals surface area (Å²) in [7, 11) is 0. The van der Waals surface area contributed by atoms with Gasteiger partial charge in [0.25, 0.3) is 0 Å². The molecule has 2 aromatic rings. The van der Waals surface area contributed by atoms with Gasteiger partial charge >= 0.3 is 0 Å². The van der Waals surface area contributed by atoms with E-state index in [1.807, 2.05) is 31.2 Å². The van der Waals surface area contributed by atoms with Gasteiger partial charge in [0.15, 0.2) is 0 Å². The van der Waals surface area contributed by atoms with Crippen LogP contribution in [0.5, 0.6) is 0 Å². The molecule has 110 valence electrons. The second-order valence-electron chi connectivity index (χ2n) is 4.98. The summed E-state index contributed by atoms with van der Waals surface area (Å²) in [6, 6.07) is 13.4. The van der Waals surface area contributed by atoms with Crippen molar-refractivity contribution in [2.24, 2.45) is 0 Å². The molecule has 2 aromatic carbocycles. The van der Waals surface area contributed by atoms with E-state index in [0.717, 1.165) is 11.1 Å². The van der Waals surface area contributed by atoms with Crippen LogP contribution in [0.1, 0.15) is 22.8 Å². The maximum Gasteiger partial charge on any atom is 0.224 e. The van der Waals surface area contributed by atoms with E-state index in [0.29, 0.717) is 5.56 Å². The molecule has 4 heteroatoms. The number of hydrogen-bond acceptors (Lipinski definition) is 2. The average Bonchev–Trinajstić information content (AvgIpc) is 2.47. The van der Waals surface area contributed by atoms with Crippen molar-refractivity contribution in [1.82, 2.24) is 5.32 Å². The smallest absolute Gasteiger partial charge is 0.224 e. The number of halogens is 1. The minimum atomic E-state index is -0.915. The van der Waals surface area contributed by atoms with Gasteiger partial charge in [0.05, 0.1) is 12.5 Å². The molecule has 0 aliphatic carbocycles. The van der Waals surface area contributed by atoms with Crippen LogP contribution in [0.3, 0.4) is 0 Å². The van der Waals surface area contributed by atoms with Crippen molar-refractivity contribution >= 4 is 5.91 Å². The van der Waals surface area contributed by atoms with E-state index in [1.54, 1.807) is 6.07 Å². The SMILES string of the molecule is Cc1ccccc1CC(=O)NCC(O)c1cccc(F)c1. The molecule has 2 N–H and O–H groups in total. The van der Waals surface area contributed by atoms with Gasteiger partial charge in [-0.15, -0.1) is 0 Å². The topological polar surface area (TPSA) is 49.3 Å². The highest BCUT2D eigenvalue weighted by atomic mass is 19.1. The van der Waals surface area contributed by atoms with Crippen LogP contribution in [0.2, 0.25) is 0 Å². The summed E-state index contributed by atoms with van der Waals surface area (Å²) in [5, 5.41) is 12.6. The Morgan fingerprint density at radius 1 is 1.24 bits per heavy atom. The third-order valence-electron chi connectivity index (χ3n) is 3.34. The maximum atomic E-state index is 13.1. The van der Waals surface area contributed by atoms with Crippen molar-refractivity contribution in [2.45, 2.75) is 19.4 Å². The summed E-state index contributed by atoms with van der Waals surface area (Å²) in [5.74, 6) is -0.572. The summed E-state index contributed by atoms with van der Waals surface area (Å²) in [6.07, 6.45) is -0.649. The van der Waals surface area contributed by atoms with Crippen LogP contribution >= 0.6 is 0 Å². The number of amides is 1. The molecule has 0 heterocycles. The quantitative estimate of drug-likeness (QED) is 0.888. The Morgan fingerprint density at radius 2 is 2.00 bits per heavy atom. The molecule has 0 bridgehead atoms. The molecule has 0 aliphatic rings. The fraction of sp³-hybridized carbons (Fsp3) is 0.235. The summed E-state index contributed by atoms with van der Waals surface area (Å²) in [5.41, 5.74) is 2.46. The number of aliphatic hydroxyl groups is 1. The van der Waals surface area contributed by atoms with Crippen LogP contribution in [0.15, 0.2) is 48.5 Å². The molecule has 0 aliphatic heterocycles. The van der Waals surface area contributed by atoms with Crippen LogP contribution in [0, 0.1) is 12.7 Å². The highest BCUT2D eigenvalue weighted by Crippen LogP contribution is 2.13. The number of nitrogens with one attached hydrogen (secondary N) is 1. The standard InChI is InChI=1S/C17H18FNO2/c1-12-5-2-3-6-13(12)10-17(21)19-11-16(20)14-7-4-8-15(18)9-14/h2-9,16,20H,10-11H2,1H3,(H,19,21). The summed E-state index contributed by atoms with van der Waals surface area (Å²) >= 11 is 0. The lowest BCUT2D eigenvalue weighted by atomic mass is 10.1. The maximum absolute atomic E-state index is 13.1. The third kappa shape index (κ3) is 4.39. The van der Waals surface area contributed by atoms with Crippen LogP contribution in [-0.4, -0.2) is 17.6 Å². The first-order valence-electron chi connectivity index (χ1n) is 6.81. The van der Waals surface area contributed by atoms with Gasteiger partial charge < -0.3 is 10.4 Å². The lowest BCUT2D eigenvalue weighted by molar-refractivity contribution is -0.120. The van der Waals surface area contributed by atoms with E-state index in [9.17, 15) is 14.3 Å². The number of carbonyl (C=O) groups is 1. The first kappa shape index (κ1) is 15.2. The predicted octanol–water partition coefficient (Wildman–Crippen LogP) is 2.53. The lowest BCUT2D eigenvalue weighted by Gasteiger charge is -2.13. The zero-order valence-electron chi connectivity index (χ0n) is 11.8. The molecule has 0 radical (unpaired) electrons. The van der Waals surface area contributed by atoms with E-state index in [1.165, 1.54) is 18.2 Å². The van der Waals surface area contributed by atoms with E-state index >= 15 is 0 Å². The number of aliphatic hydroxyl groups excluding tert-OH is 1. The van der Waals surface area contributed by atoms with Crippen molar-refractivity contribution < 1.29 is 14.3 Å². The third-order valence-corrected chi connectivity index (χ3v) is 3.34. The average molecular weight is 287 g/mol. The van der Waals surface area contributed by atoms with Crippen LogP contribution in [0.4, 0.5) is 4.39 Å². The Hall–Kier alpha value is -2.20. The predicted molar refractivity (Wildman–Crippen MR) is 79.3 cm³/mol. The van der Waals surface area contributed by atoms with Gasteiger partial charge in [0.1, 0.15) is 5.82 Å². The van der Waals surface area contributed by atoms with E-state index < -0.39 is 11.9 Å². The van der Waals surface area contributed by atoms with Crippen LogP contribution in [-0.2, 0) is 11.2 Å². The van der Waals surface area contributed by atoms with Gasteiger partial charge in [-0.25, -0.2) is 4.39 Å². The minimum Gasteiger partial charge on any atom is -0.387 e. The summed E-state index contributed by atoms with van der Waals surface area (Å²) < 4.78 is 13.1. The van der Waals surface area contributed by atoms with Crippen LogP contribution < -0.4 is 5.32 Å². The molecule has 0 spiro atoms. The van der Waals surface area contributed by atoms with Crippen molar-refractivity contribution in [1.29, 1.82) is 0 Å². The molecule has 0 aromatic heterocycles. The summed E-state index contributed by atoms with van der Waals surface area (Å²) in [4.78, 5) is 11.9. The van der Waals surface area contributed by atoms with Gasteiger partial charge in [-0.05, 0) is 35.7 Å². The second kappa shape index (κ2) is 6.99. The second-order valence-corrected chi connectivity index (χ2v) is 4.98. The van der Waals surface area contributed by atoms with Crippen molar-refractivity contribution in [3.05, 3.63) is 71.0 Å². The lowest BCUT2D eigenvalue weighted by Crippen LogP contribution is -2.29. The number of carbonyl (C=O) groups excluding carboxylic acids is 1. The monoisotopic (exact) mass is 287 g/mol. The highest BCUT2D eigenvalue weighted by molar-refractivity contribution is 5.78. The molecule has 0 saturated carbocycles. The molecule has 3 nitrogen and oxygen atoms in total. The van der Waals surface area contributed by atoms with E-state index in [-0.39, 0.29) is 18.9 Å². The largest absolute Gasteiger partial charge is 0.387 e. The molecule has 0 fully saturated rings. The Labute approximate surface area is 123 Å². The van der Waals surface area contributed by atoms with Crippen molar-refractivity contribution in [3.63, 3.8) is 0 Å².